The third-order valence-electron chi connectivity index (χ3n) is 5.90. The molecule has 2 aromatic carbocycles. The molecular weight excluding hydrogens is 342 g/mol. The zero-order valence-corrected chi connectivity index (χ0v) is 16.6. The van der Waals surface area contributed by atoms with Gasteiger partial charge in [-0.05, 0) is 81.8 Å². The maximum Gasteiger partial charge on any atom is 0.0651 e. The van der Waals surface area contributed by atoms with Gasteiger partial charge in [-0.2, -0.15) is 0 Å². The second-order valence-corrected chi connectivity index (χ2v) is 8.44. The Morgan fingerprint density at radius 3 is 2.23 bits per heavy atom. The number of halogens is 1. The molecule has 0 bridgehead atoms. The molecule has 1 aliphatic carbocycles. The maximum absolute atomic E-state index is 11.0. The summed E-state index contributed by atoms with van der Waals surface area (Å²) in [7, 11) is 4.30. The van der Waals surface area contributed by atoms with Gasteiger partial charge in [0.15, 0.2) is 0 Å². The second kappa shape index (κ2) is 8.56. The lowest BCUT2D eigenvalue weighted by Crippen LogP contribution is -2.38. The van der Waals surface area contributed by atoms with Crippen LogP contribution in [-0.2, 0) is 6.42 Å². The Labute approximate surface area is 162 Å². The highest BCUT2D eigenvalue weighted by Crippen LogP contribution is 2.42. The van der Waals surface area contributed by atoms with Crippen LogP contribution in [0.1, 0.15) is 49.3 Å². The first kappa shape index (κ1) is 19.4. The minimum absolute atomic E-state index is 0.381. The summed E-state index contributed by atoms with van der Waals surface area (Å²) in [4.78, 5) is 2.31. The predicted molar refractivity (Wildman–Crippen MR) is 110 cm³/mol. The Hall–Kier alpha value is -1.35. The highest BCUT2D eigenvalue weighted by Gasteiger charge is 2.36. The van der Waals surface area contributed by atoms with Gasteiger partial charge in [0.1, 0.15) is 0 Å². The molecule has 0 amide bonds. The lowest BCUT2D eigenvalue weighted by Gasteiger charge is -2.41. The molecule has 0 saturated heterocycles. The Balaban J connectivity index is 1.61. The molecule has 1 atom stereocenters. The van der Waals surface area contributed by atoms with Crippen molar-refractivity contribution in [2.75, 3.05) is 14.1 Å². The molecule has 3 rings (SSSR count). The summed E-state index contributed by atoms with van der Waals surface area (Å²) < 4.78 is 0. The van der Waals surface area contributed by atoms with Gasteiger partial charge in [-0.15, -0.1) is 0 Å². The predicted octanol–water partition coefficient (Wildman–Crippen LogP) is 5.50. The van der Waals surface area contributed by atoms with Crippen LogP contribution in [0.25, 0.3) is 0 Å². The molecule has 1 N–H and O–H groups in total. The van der Waals surface area contributed by atoms with E-state index in [2.05, 4.69) is 55.4 Å². The van der Waals surface area contributed by atoms with E-state index < -0.39 is 5.60 Å². The number of aliphatic hydroxyl groups is 1. The Bertz CT molecular complexity index is 675. The molecule has 1 fully saturated rings. The summed E-state index contributed by atoms with van der Waals surface area (Å²) in [5.74, 6) is 0.572. The van der Waals surface area contributed by atoms with Gasteiger partial charge >= 0.3 is 0 Å². The molecule has 0 heterocycles. The van der Waals surface area contributed by atoms with Crippen LogP contribution in [0.5, 0.6) is 0 Å². The molecule has 1 aliphatic rings. The second-order valence-electron chi connectivity index (χ2n) is 8.01. The van der Waals surface area contributed by atoms with Crippen molar-refractivity contribution in [3.63, 3.8) is 0 Å². The average Bonchev–Trinajstić information content (AvgIpc) is 2.64. The monoisotopic (exact) mass is 371 g/mol. The highest BCUT2D eigenvalue weighted by molar-refractivity contribution is 6.30. The van der Waals surface area contributed by atoms with Gasteiger partial charge in [0.25, 0.3) is 0 Å². The van der Waals surface area contributed by atoms with Crippen LogP contribution in [-0.4, -0.2) is 29.7 Å². The van der Waals surface area contributed by atoms with Crippen molar-refractivity contribution in [3.05, 3.63) is 70.7 Å². The minimum atomic E-state index is -0.511. The van der Waals surface area contributed by atoms with E-state index in [0.29, 0.717) is 12.0 Å². The lowest BCUT2D eigenvalue weighted by molar-refractivity contribution is -0.0268. The number of aryl methyl sites for hydroxylation is 1. The largest absolute Gasteiger partial charge is 0.390 e. The standard InChI is InChI=1S/C23H30ClNO/c1-25(2)22(19-8-10-21(24)11-9-19)20-13-16-23(26,17-14-20)15-12-18-6-4-3-5-7-18/h3-11,20,22,26H,12-17H2,1-2H3. The number of nitrogens with zero attached hydrogens (tertiary/aromatic N) is 1. The topological polar surface area (TPSA) is 23.5 Å². The zero-order chi connectivity index (χ0) is 18.6. The molecule has 1 saturated carbocycles. The Morgan fingerprint density at radius 2 is 1.65 bits per heavy atom. The molecule has 0 radical (unpaired) electrons. The van der Waals surface area contributed by atoms with Crippen LogP contribution < -0.4 is 0 Å². The molecule has 140 valence electrons. The maximum atomic E-state index is 11.0. The third-order valence-corrected chi connectivity index (χ3v) is 6.15. The molecule has 0 spiro atoms. The lowest BCUT2D eigenvalue weighted by atomic mass is 9.72. The summed E-state index contributed by atoms with van der Waals surface area (Å²) in [6.45, 7) is 0. The van der Waals surface area contributed by atoms with Crippen molar-refractivity contribution >= 4 is 11.6 Å². The number of rotatable bonds is 6. The third kappa shape index (κ3) is 4.88. The summed E-state index contributed by atoms with van der Waals surface area (Å²) in [5, 5.41) is 11.8. The van der Waals surface area contributed by atoms with Crippen LogP contribution in [0, 0.1) is 5.92 Å². The van der Waals surface area contributed by atoms with Gasteiger partial charge in [-0.25, -0.2) is 0 Å². The van der Waals surface area contributed by atoms with Gasteiger partial charge in [0, 0.05) is 11.1 Å². The van der Waals surface area contributed by atoms with E-state index in [1.54, 1.807) is 0 Å². The minimum Gasteiger partial charge on any atom is -0.390 e. The van der Waals surface area contributed by atoms with Crippen molar-refractivity contribution < 1.29 is 5.11 Å². The number of hydrogen-bond acceptors (Lipinski definition) is 2. The van der Waals surface area contributed by atoms with E-state index in [4.69, 9.17) is 11.6 Å². The molecule has 2 aromatic rings. The molecule has 1 unspecified atom stereocenters. The summed E-state index contributed by atoms with van der Waals surface area (Å²) in [5.41, 5.74) is 2.12. The van der Waals surface area contributed by atoms with E-state index >= 15 is 0 Å². The van der Waals surface area contributed by atoms with Gasteiger partial charge in [-0.3, -0.25) is 0 Å². The molecule has 26 heavy (non-hydrogen) atoms. The average molecular weight is 372 g/mol. The Morgan fingerprint density at radius 1 is 1.04 bits per heavy atom. The fourth-order valence-corrected chi connectivity index (χ4v) is 4.54. The van der Waals surface area contributed by atoms with Crippen LogP contribution in [0.3, 0.4) is 0 Å². The quantitative estimate of drug-likeness (QED) is 0.725. The molecule has 0 aromatic heterocycles. The van der Waals surface area contributed by atoms with Crippen LogP contribution in [0.15, 0.2) is 54.6 Å². The van der Waals surface area contributed by atoms with E-state index in [1.807, 2.05) is 18.2 Å². The van der Waals surface area contributed by atoms with E-state index in [0.717, 1.165) is 43.5 Å². The SMILES string of the molecule is CN(C)C(c1ccc(Cl)cc1)C1CCC(O)(CCc2ccccc2)CC1. The molecular formula is C23H30ClNO. The van der Waals surface area contributed by atoms with Crippen molar-refractivity contribution in [1.29, 1.82) is 0 Å². The van der Waals surface area contributed by atoms with Crippen LogP contribution >= 0.6 is 11.6 Å². The van der Waals surface area contributed by atoms with Crippen molar-refractivity contribution in [2.45, 2.75) is 50.2 Å². The van der Waals surface area contributed by atoms with E-state index in [1.165, 1.54) is 11.1 Å². The molecule has 2 nitrogen and oxygen atoms in total. The smallest absolute Gasteiger partial charge is 0.0651 e. The fourth-order valence-electron chi connectivity index (χ4n) is 4.42. The van der Waals surface area contributed by atoms with Crippen molar-refractivity contribution in [3.8, 4) is 0 Å². The summed E-state index contributed by atoms with van der Waals surface area (Å²) in [6.07, 6.45) is 5.73. The highest BCUT2D eigenvalue weighted by atomic mass is 35.5. The van der Waals surface area contributed by atoms with Crippen molar-refractivity contribution in [1.82, 2.24) is 4.90 Å². The van der Waals surface area contributed by atoms with Gasteiger partial charge in [0.2, 0.25) is 0 Å². The van der Waals surface area contributed by atoms with E-state index in [9.17, 15) is 5.11 Å². The summed E-state index contributed by atoms with van der Waals surface area (Å²) >= 11 is 6.06. The normalized spacial score (nSPS) is 24.6. The van der Waals surface area contributed by atoms with Gasteiger partial charge < -0.3 is 10.0 Å². The first-order chi connectivity index (χ1) is 12.5. The van der Waals surface area contributed by atoms with Crippen LogP contribution in [0.2, 0.25) is 5.02 Å². The zero-order valence-electron chi connectivity index (χ0n) is 15.9. The Kier molecular flexibility index (Phi) is 6.39. The van der Waals surface area contributed by atoms with Crippen molar-refractivity contribution in [2.24, 2.45) is 5.92 Å². The van der Waals surface area contributed by atoms with Gasteiger partial charge in [-0.1, -0.05) is 54.1 Å². The van der Waals surface area contributed by atoms with Crippen LogP contribution in [0.4, 0.5) is 0 Å². The summed E-state index contributed by atoms with van der Waals surface area (Å²) in [6, 6.07) is 19.1. The van der Waals surface area contributed by atoms with E-state index in [-0.39, 0.29) is 0 Å². The first-order valence-corrected chi connectivity index (χ1v) is 10.0. The van der Waals surface area contributed by atoms with Gasteiger partial charge in [0.05, 0.1) is 5.60 Å². The molecule has 0 aliphatic heterocycles. The molecule has 3 heteroatoms. The number of hydrogen-bond donors (Lipinski definition) is 1. The first-order valence-electron chi connectivity index (χ1n) is 9.65. The fraction of sp³-hybridized carbons (Fsp3) is 0.478. The number of benzene rings is 2.